The van der Waals surface area contributed by atoms with Crippen molar-refractivity contribution in [3.63, 3.8) is 0 Å². The number of nitrogens with zero attached hydrogens (tertiary/aromatic N) is 3. The first-order valence-electron chi connectivity index (χ1n) is 13.6. The van der Waals surface area contributed by atoms with Gasteiger partial charge in [0.25, 0.3) is 0 Å². The van der Waals surface area contributed by atoms with Gasteiger partial charge in [-0.2, -0.15) is 0 Å². The molecule has 0 amide bonds. The van der Waals surface area contributed by atoms with Crippen molar-refractivity contribution in [3.8, 4) is 6.01 Å². The number of hydrogen-bond acceptors (Lipinski definition) is 6. The van der Waals surface area contributed by atoms with E-state index in [-0.39, 0.29) is 18.2 Å². The van der Waals surface area contributed by atoms with Crippen LogP contribution in [-0.4, -0.2) is 39.7 Å². The molecular weight excluding hydrogens is 483 g/mol. The molecule has 5 rings (SSSR count). The van der Waals surface area contributed by atoms with Crippen molar-refractivity contribution < 1.29 is 19.0 Å². The van der Waals surface area contributed by atoms with E-state index in [9.17, 15) is 14.3 Å². The maximum absolute atomic E-state index is 13.5. The molecule has 3 unspecified atom stereocenters. The second-order valence-corrected chi connectivity index (χ2v) is 10.3. The lowest BCUT2D eigenvalue weighted by molar-refractivity contribution is -0.137. The van der Waals surface area contributed by atoms with E-state index in [1.807, 2.05) is 26.0 Å². The van der Waals surface area contributed by atoms with E-state index in [1.165, 1.54) is 5.56 Å². The molecule has 2 bridgehead atoms. The average Bonchev–Trinajstić information content (AvgIpc) is 3.17. The van der Waals surface area contributed by atoms with E-state index in [0.717, 1.165) is 54.7 Å². The third-order valence-corrected chi connectivity index (χ3v) is 7.94. The molecule has 2 N–H and O–H groups in total. The fraction of sp³-hybridized carbons (Fsp3) is 0.433. The summed E-state index contributed by atoms with van der Waals surface area (Å²) in [4.78, 5) is 22.6. The standard InChI is InChI=1S/C30H35FN4O3/c1-3-19(16-29(36)37)21-7-12-28(27(15-21)34-24-17-32-30(33-18-24)38-4-2)35-25-10-11-26(35)14-22(13-25)20-5-8-23(31)9-6-20/h5-9,12,15,17-19,22,25-26,34H,3-4,10-11,13-14,16H2,1-2H3,(H,36,37). The van der Waals surface area contributed by atoms with E-state index in [0.29, 0.717) is 30.6 Å². The number of carboxylic acid groups (broad SMARTS) is 1. The van der Waals surface area contributed by atoms with Crippen molar-refractivity contribution in [2.24, 2.45) is 0 Å². The molecule has 200 valence electrons. The number of piperidine rings is 1. The van der Waals surface area contributed by atoms with Crippen molar-refractivity contribution >= 4 is 23.0 Å². The second kappa shape index (κ2) is 11.4. The topological polar surface area (TPSA) is 87.6 Å². The lowest BCUT2D eigenvalue weighted by Gasteiger charge is -2.42. The summed E-state index contributed by atoms with van der Waals surface area (Å²) in [7, 11) is 0. The quantitative estimate of drug-likeness (QED) is 0.311. The Hall–Kier alpha value is -3.68. The van der Waals surface area contributed by atoms with E-state index in [4.69, 9.17) is 4.74 Å². The van der Waals surface area contributed by atoms with Gasteiger partial charge < -0.3 is 20.1 Å². The Morgan fingerprint density at radius 2 is 1.79 bits per heavy atom. The van der Waals surface area contributed by atoms with Crippen molar-refractivity contribution in [1.82, 2.24) is 9.97 Å². The lowest BCUT2D eigenvalue weighted by Crippen LogP contribution is -2.42. The van der Waals surface area contributed by atoms with Crippen LogP contribution >= 0.6 is 0 Å². The van der Waals surface area contributed by atoms with Gasteiger partial charge in [-0.15, -0.1) is 0 Å². The van der Waals surface area contributed by atoms with Crippen LogP contribution in [0.3, 0.4) is 0 Å². The fourth-order valence-corrected chi connectivity index (χ4v) is 6.16. The number of carbonyl (C=O) groups is 1. The van der Waals surface area contributed by atoms with Crippen molar-refractivity contribution in [2.75, 3.05) is 16.8 Å². The Kier molecular flexibility index (Phi) is 7.77. The number of aliphatic carboxylic acids is 1. The molecule has 2 saturated heterocycles. The number of nitrogens with one attached hydrogen (secondary N) is 1. The molecule has 8 heteroatoms. The Labute approximate surface area is 223 Å². The number of ether oxygens (including phenoxy) is 1. The van der Waals surface area contributed by atoms with Gasteiger partial charge in [0.1, 0.15) is 5.82 Å². The smallest absolute Gasteiger partial charge is 0.316 e. The molecule has 7 nitrogen and oxygen atoms in total. The Balaban J connectivity index is 1.45. The summed E-state index contributed by atoms with van der Waals surface area (Å²) in [6.45, 7) is 4.41. The minimum absolute atomic E-state index is 0.0698. The SMILES string of the molecule is CCOc1ncc(Nc2cc(C(CC)CC(=O)O)ccc2N2C3CCC2CC(c2ccc(F)cc2)C3)cn1. The van der Waals surface area contributed by atoms with Gasteiger partial charge in [0.15, 0.2) is 0 Å². The van der Waals surface area contributed by atoms with Gasteiger partial charge in [0, 0.05) is 12.1 Å². The molecule has 3 heterocycles. The number of aromatic nitrogens is 2. The van der Waals surface area contributed by atoms with Crippen LogP contribution in [0, 0.1) is 5.82 Å². The first-order valence-corrected chi connectivity index (χ1v) is 13.6. The minimum atomic E-state index is -0.795. The number of halogens is 1. The molecule has 0 spiro atoms. The zero-order valence-electron chi connectivity index (χ0n) is 21.9. The van der Waals surface area contributed by atoms with Crippen LogP contribution in [0.25, 0.3) is 0 Å². The van der Waals surface area contributed by atoms with Gasteiger partial charge >= 0.3 is 12.0 Å². The Morgan fingerprint density at radius 1 is 1.11 bits per heavy atom. The van der Waals surface area contributed by atoms with Gasteiger partial charge in [-0.05, 0) is 86.3 Å². The molecule has 38 heavy (non-hydrogen) atoms. The van der Waals surface area contributed by atoms with Crippen LogP contribution in [0.5, 0.6) is 6.01 Å². The van der Waals surface area contributed by atoms with E-state index in [1.54, 1.807) is 24.5 Å². The fourth-order valence-electron chi connectivity index (χ4n) is 6.16. The highest BCUT2D eigenvalue weighted by Crippen LogP contribution is 2.48. The van der Waals surface area contributed by atoms with Gasteiger partial charge in [-0.3, -0.25) is 4.79 Å². The molecule has 0 aliphatic carbocycles. The number of benzene rings is 2. The van der Waals surface area contributed by atoms with Crippen LogP contribution < -0.4 is 15.0 Å². The summed E-state index contributed by atoms with van der Waals surface area (Å²) in [5.74, 6) is -0.646. The van der Waals surface area contributed by atoms with Crippen LogP contribution in [-0.2, 0) is 4.79 Å². The van der Waals surface area contributed by atoms with E-state index in [2.05, 4.69) is 38.4 Å². The number of rotatable bonds is 10. The molecule has 3 atom stereocenters. The zero-order chi connectivity index (χ0) is 26.6. The molecule has 2 aliphatic rings. The summed E-state index contributed by atoms with van der Waals surface area (Å²) >= 11 is 0. The zero-order valence-corrected chi connectivity index (χ0v) is 21.9. The van der Waals surface area contributed by atoms with E-state index >= 15 is 0 Å². The Bertz CT molecular complexity index is 1240. The molecule has 2 aliphatic heterocycles. The summed E-state index contributed by atoms with van der Waals surface area (Å²) in [6, 6.07) is 14.4. The summed E-state index contributed by atoms with van der Waals surface area (Å²) in [6.07, 6.45) is 8.52. The summed E-state index contributed by atoms with van der Waals surface area (Å²) in [5.41, 5.74) is 4.99. The van der Waals surface area contributed by atoms with Crippen molar-refractivity contribution in [2.45, 2.75) is 76.3 Å². The molecule has 0 radical (unpaired) electrons. The first kappa shape index (κ1) is 25.9. The number of hydrogen-bond donors (Lipinski definition) is 2. The number of carboxylic acids is 1. The Morgan fingerprint density at radius 3 is 2.39 bits per heavy atom. The maximum Gasteiger partial charge on any atom is 0.316 e. The molecule has 0 saturated carbocycles. The maximum atomic E-state index is 13.5. The highest BCUT2D eigenvalue weighted by molar-refractivity contribution is 5.77. The predicted octanol–water partition coefficient (Wildman–Crippen LogP) is 6.64. The second-order valence-electron chi connectivity index (χ2n) is 10.3. The van der Waals surface area contributed by atoms with Gasteiger partial charge in [0.2, 0.25) is 0 Å². The normalized spacial score (nSPS) is 21.2. The molecule has 2 aromatic carbocycles. The minimum Gasteiger partial charge on any atom is -0.481 e. The largest absolute Gasteiger partial charge is 0.481 e. The predicted molar refractivity (Wildman–Crippen MR) is 146 cm³/mol. The monoisotopic (exact) mass is 518 g/mol. The lowest BCUT2D eigenvalue weighted by atomic mass is 9.84. The van der Waals surface area contributed by atoms with Crippen LogP contribution in [0.4, 0.5) is 21.5 Å². The highest BCUT2D eigenvalue weighted by atomic mass is 19.1. The highest BCUT2D eigenvalue weighted by Gasteiger charge is 2.42. The van der Waals surface area contributed by atoms with Gasteiger partial charge in [-0.25, -0.2) is 14.4 Å². The summed E-state index contributed by atoms with van der Waals surface area (Å²) < 4.78 is 18.9. The molecule has 1 aromatic heterocycles. The molecule has 3 aromatic rings. The summed E-state index contributed by atoms with van der Waals surface area (Å²) in [5, 5.41) is 13.0. The number of fused-ring (bicyclic) bond motifs is 2. The third kappa shape index (κ3) is 5.59. The first-order chi connectivity index (χ1) is 18.4. The van der Waals surface area contributed by atoms with Crippen LogP contribution in [0.1, 0.15) is 75.3 Å². The number of anilines is 3. The van der Waals surface area contributed by atoms with Crippen LogP contribution in [0.15, 0.2) is 54.9 Å². The average molecular weight is 519 g/mol. The molecular formula is C30H35FN4O3. The van der Waals surface area contributed by atoms with E-state index < -0.39 is 5.97 Å². The third-order valence-electron chi connectivity index (χ3n) is 7.94. The van der Waals surface area contributed by atoms with Gasteiger partial charge in [-0.1, -0.05) is 25.1 Å². The van der Waals surface area contributed by atoms with Crippen LogP contribution in [0.2, 0.25) is 0 Å². The van der Waals surface area contributed by atoms with Gasteiger partial charge in [0.05, 0.1) is 42.5 Å². The molecule has 2 fully saturated rings. The van der Waals surface area contributed by atoms with Crippen molar-refractivity contribution in [1.29, 1.82) is 0 Å². The van der Waals surface area contributed by atoms with Crippen molar-refractivity contribution in [3.05, 3.63) is 71.8 Å².